The summed E-state index contributed by atoms with van der Waals surface area (Å²) in [7, 11) is 0. The molecule has 0 unspecified atom stereocenters. The number of carbonyl (C=O) groups is 1. The van der Waals surface area contributed by atoms with Gasteiger partial charge >= 0.3 is 6.55 Å². The molecule has 0 saturated carbocycles. The first-order valence-electron chi connectivity index (χ1n) is 13.4. The minimum Gasteiger partial charge on any atom is -0.457 e. The second-order valence-electron chi connectivity index (χ2n) is 10.0. The van der Waals surface area contributed by atoms with Crippen molar-refractivity contribution in [1.29, 1.82) is 0 Å². The molecule has 1 aliphatic rings. The Balaban J connectivity index is 1.24. The number of fused-ring (bicyclic) bond motifs is 2. The number of alkyl halides is 2. The second-order valence-corrected chi connectivity index (χ2v) is 10.0. The van der Waals surface area contributed by atoms with Crippen molar-refractivity contribution >= 4 is 45.4 Å². The van der Waals surface area contributed by atoms with Crippen LogP contribution in [0.25, 0.3) is 22.1 Å². The summed E-state index contributed by atoms with van der Waals surface area (Å²) in [4.78, 5) is 37.5. The molecule has 3 aromatic heterocycles. The molecule has 0 bridgehead atoms. The van der Waals surface area contributed by atoms with Crippen LogP contribution in [-0.2, 0) is 4.79 Å². The van der Waals surface area contributed by atoms with Gasteiger partial charge in [-0.3, -0.25) is 9.36 Å². The van der Waals surface area contributed by atoms with Crippen LogP contribution in [-0.4, -0.2) is 66.0 Å². The molecule has 0 spiro atoms. The SMILES string of the molecule is C=CC(=O)N1CCN(c2ncc3ncnc(Nc4ccc(Oc5ccc6c(c5)ncn6C(F)F)c(C)c4F)c3n2)C[C@H]1C. The average Bonchev–Trinajstić information content (AvgIpc) is 3.44. The van der Waals surface area contributed by atoms with Gasteiger partial charge in [0.05, 0.1) is 22.9 Å². The third kappa shape index (κ3) is 5.27. The van der Waals surface area contributed by atoms with Gasteiger partial charge in [0.15, 0.2) is 11.6 Å². The van der Waals surface area contributed by atoms with Crippen molar-refractivity contribution in [3.8, 4) is 11.5 Å². The molecule has 1 N–H and O–H groups in total. The highest BCUT2D eigenvalue weighted by Crippen LogP contribution is 2.34. The largest absolute Gasteiger partial charge is 0.457 e. The topological polar surface area (TPSA) is 114 Å². The number of rotatable bonds is 7. The lowest BCUT2D eigenvalue weighted by Gasteiger charge is -2.39. The van der Waals surface area contributed by atoms with Crippen LogP contribution < -0.4 is 15.0 Å². The van der Waals surface area contributed by atoms with Gasteiger partial charge in [-0.1, -0.05) is 6.58 Å². The third-order valence-electron chi connectivity index (χ3n) is 7.31. The van der Waals surface area contributed by atoms with E-state index in [9.17, 15) is 13.6 Å². The summed E-state index contributed by atoms with van der Waals surface area (Å²) in [5.74, 6) is 0.607. The molecule has 0 aliphatic carbocycles. The smallest absolute Gasteiger partial charge is 0.320 e. The first-order chi connectivity index (χ1) is 20.7. The summed E-state index contributed by atoms with van der Waals surface area (Å²) in [6, 6.07) is 7.54. The Bertz CT molecular complexity index is 1860. The minimum absolute atomic E-state index is 0.0714. The lowest BCUT2D eigenvalue weighted by molar-refractivity contribution is -0.128. The maximum Gasteiger partial charge on any atom is 0.320 e. The van der Waals surface area contributed by atoms with Gasteiger partial charge in [-0.2, -0.15) is 8.78 Å². The van der Waals surface area contributed by atoms with Crippen molar-refractivity contribution in [3.05, 3.63) is 73.2 Å². The first-order valence-corrected chi connectivity index (χ1v) is 13.4. The number of hydrogen-bond acceptors (Lipinski definition) is 9. The van der Waals surface area contributed by atoms with Crippen LogP contribution in [0.1, 0.15) is 19.0 Å². The van der Waals surface area contributed by atoms with E-state index in [2.05, 4.69) is 36.8 Å². The van der Waals surface area contributed by atoms with E-state index in [1.54, 1.807) is 24.1 Å². The van der Waals surface area contributed by atoms with E-state index in [0.717, 1.165) is 10.9 Å². The lowest BCUT2D eigenvalue weighted by Crippen LogP contribution is -2.54. The predicted molar refractivity (Wildman–Crippen MR) is 154 cm³/mol. The van der Waals surface area contributed by atoms with Crippen LogP contribution in [0, 0.1) is 12.7 Å². The van der Waals surface area contributed by atoms with Gasteiger partial charge in [-0.25, -0.2) is 29.3 Å². The van der Waals surface area contributed by atoms with Gasteiger partial charge in [0.2, 0.25) is 11.9 Å². The van der Waals surface area contributed by atoms with Crippen molar-refractivity contribution < 1.29 is 22.7 Å². The van der Waals surface area contributed by atoms with Crippen LogP contribution in [0.5, 0.6) is 11.5 Å². The van der Waals surface area contributed by atoms with Crippen molar-refractivity contribution in [2.24, 2.45) is 0 Å². The molecule has 6 rings (SSSR count). The molecule has 1 fully saturated rings. The molecule has 4 heterocycles. The van der Waals surface area contributed by atoms with E-state index < -0.39 is 12.4 Å². The highest BCUT2D eigenvalue weighted by Gasteiger charge is 2.28. The fourth-order valence-corrected chi connectivity index (χ4v) is 5.03. The normalized spacial score (nSPS) is 15.3. The fourth-order valence-electron chi connectivity index (χ4n) is 5.03. The molecule has 1 atom stereocenters. The van der Waals surface area contributed by atoms with Crippen LogP contribution in [0.15, 0.2) is 61.8 Å². The molecule has 220 valence electrons. The summed E-state index contributed by atoms with van der Waals surface area (Å²) in [6.45, 7) is 5.92. The molecule has 14 heteroatoms. The zero-order chi connectivity index (χ0) is 30.2. The van der Waals surface area contributed by atoms with Crippen molar-refractivity contribution in [1.82, 2.24) is 34.4 Å². The quantitative estimate of drug-likeness (QED) is 0.250. The Labute approximate surface area is 243 Å². The molecule has 43 heavy (non-hydrogen) atoms. The number of halogens is 3. The number of hydrogen-bond donors (Lipinski definition) is 1. The number of nitrogens with one attached hydrogen (secondary N) is 1. The zero-order valence-electron chi connectivity index (χ0n) is 23.2. The van der Waals surface area contributed by atoms with E-state index in [1.807, 2.05) is 11.8 Å². The Morgan fingerprint density at radius 1 is 1.14 bits per heavy atom. The summed E-state index contributed by atoms with van der Waals surface area (Å²) in [6.07, 6.45) is 5.28. The van der Waals surface area contributed by atoms with Gasteiger partial charge in [0.1, 0.15) is 35.2 Å². The van der Waals surface area contributed by atoms with E-state index in [0.29, 0.717) is 47.9 Å². The Kier molecular flexibility index (Phi) is 7.26. The van der Waals surface area contributed by atoms with Gasteiger partial charge in [0, 0.05) is 37.3 Å². The van der Waals surface area contributed by atoms with Crippen molar-refractivity contribution in [3.63, 3.8) is 0 Å². The molecule has 1 aliphatic heterocycles. The van der Waals surface area contributed by atoms with Crippen LogP contribution in [0.2, 0.25) is 0 Å². The highest BCUT2D eigenvalue weighted by molar-refractivity contribution is 5.88. The molecule has 11 nitrogen and oxygen atoms in total. The third-order valence-corrected chi connectivity index (χ3v) is 7.31. The number of imidazole rings is 1. The zero-order valence-corrected chi connectivity index (χ0v) is 23.2. The molecular formula is C29H26F3N9O2. The number of piperazine rings is 1. The highest BCUT2D eigenvalue weighted by atomic mass is 19.3. The number of carbonyl (C=O) groups excluding carboxylic acids is 1. The number of amides is 1. The Morgan fingerprint density at radius 3 is 2.74 bits per heavy atom. The molecule has 1 amide bonds. The number of anilines is 3. The number of aromatic nitrogens is 6. The molecular weight excluding hydrogens is 563 g/mol. The number of benzene rings is 2. The summed E-state index contributed by atoms with van der Waals surface area (Å²) >= 11 is 0. The van der Waals surface area contributed by atoms with Gasteiger partial charge < -0.3 is 19.9 Å². The summed E-state index contributed by atoms with van der Waals surface area (Å²) in [5, 5.41) is 3.01. The van der Waals surface area contributed by atoms with Crippen LogP contribution >= 0.6 is 0 Å². The summed E-state index contributed by atoms with van der Waals surface area (Å²) in [5.41, 5.74) is 1.82. The molecule has 2 aromatic carbocycles. The average molecular weight is 590 g/mol. The Morgan fingerprint density at radius 2 is 1.98 bits per heavy atom. The maximum atomic E-state index is 15.6. The number of ether oxygens (including phenoxy) is 1. The van der Waals surface area contributed by atoms with E-state index in [1.165, 1.54) is 36.7 Å². The van der Waals surface area contributed by atoms with E-state index in [-0.39, 0.29) is 40.3 Å². The van der Waals surface area contributed by atoms with Gasteiger partial charge in [0.25, 0.3) is 0 Å². The van der Waals surface area contributed by atoms with Crippen molar-refractivity contribution in [2.75, 3.05) is 29.9 Å². The van der Waals surface area contributed by atoms with E-state index >= 15 is 4.39 Å². The monoisotopic (exact) mass is 589 g/mol. The van der Waals surface area contributed by atoms with Crippen molar-refractivity contribution in [2.45, 2.75) is 26.4 Å². The van der Waals surface area contributed by atoms with Gasteiger partial charge in [-0.05, 0) is 44.2 Å². The lowest BCUT2D eigenvalue weighted by atomic mass is 10.1. The predicted octanol–water partition coefficient (Wildman–Crippen LogP) is 5.37. The standard InChI is InChI=1S/C29H26F3N9O2/c1-4-24(42)40-10-9-39(13-16(40)2)29-33-12-21-26(38-29)27(35-14-34-21)37-19-6-8-23(17(3)25(19)30)43-18-5-7-22-20(11-18)36-15-41(22)28(31)32/h4-8,11-12,14-16,28H,1,9-10,13H2,2-3H3,(H,34,35,37)/t16-/m1/s1. The first kappa shape index (κ1) is 27.9. The molecule has 0 radical (unpaired) electrons. The fraction of sp³-hybridized carbons (Fsp3) is 0.241. The minimum atomic E-state index is -2.72. The molecule has 5 aromatic rings. The second kappa shape index (κ2) is 11.2. The number of nitrogens with zero attached hydrogens (tertiary/aromatic N) is 8. The van der Waals surface area contributed by atoms with Crippen LogP contribution in [0.3, 0.4) is 0 Å². The maximum absolute atomic E-state index is 15.6. The van der Waals surface area contributed by atoms with Crippen LogP contribution in [0.4, 0.5) is 30.6 Å². The Hall–Kier alpha value is -5.27. The van der Waals surface area contributed by atoms with E-state index in [4.69, 9.17) is 4.74 Å². The summed E-state index contributed by atoms with van der Waals surface area (Å²) < 4.78 is 48.5. The van der Waals surface area contributed by atoms with Gasteiger partial charge in [-0.15, -0.1) is 0 Å². The molecule has 1 saturated heterocycles.